The molecule has 0 amide bonds. The minimum atomic E-state index is 0.699. The van der Waals surface area contributed by atoms with Crippen molar-refractivity contribution in [1.82, 2.24) is 5.01 Å². The van der Waals surface area contributed by atoms with Crippen molar-refractivity contribution >= 4 is 0 Å². The van der Waals surface area contributed by atoms with E-state index in [1.54, 1.807) is 12.1 Å². The number of aryl methyl sites for hydroxylation is 1. The second-order valence-corrected chi connectivity index (χ2v) is 3.23. The van der Waals surface area contributed by atoms with Crippen molar-refractivity contribution < 1.29 is 4.74 Å². The predicted molar refractivity (Wildman–Crippen MR) is 53.4 cm³/mol. The Labute approximate surface area is 79.1 Å². The first kappa shape index (κ1) is 10.0. The molecule has 13 heavy (non-hydrogen) atoms. The molecular formula is C10H16N2O. The highest BCUT2D eigenvalue weighted by Crippen LogP contribution is 2.19. The first-order chi connectivity index (χ1) is 6.13. The van der Waals surface area contributed by atoms with Crippen LogP contribution in [-0.2, 0) is 6.54 Å². The number of hydrogen-bond donors (Lipinski definition) is 1. The summed E-state index contributed by atoms with van der Waals surface area (Å²) in [5.74, 6) is 6.47. The molecule has 0 heterocycles. The lowest BCUT2D eigenvalue weighted by Gasteiger charge is -2.13. The molecule has 72 valence electrons. The summed E-state index contributed by atoms with van der Waals surface area (Å²) in [5, 5.41) is 1.64. The molecule has 0 atom stereocenters. The standard InChI is InChI=1S/C10H16N2O/c1-8-4-5-10(13-3)9(6-8)7-12(2)11/h4-6H,7,11H2,1-3H3. The number of nitrogens with two attached hydrogens (primary N) is 1. The van der Waals surface area contributed by atoms with E-state index >= 15 is 0 Å². The maximum atomic E-state index is 5.58. The Hall–Kier alpha value is -1.06. The number of nitrogens with zero attached hydrogens (tertiary/aromatic N) is 1. The third-order valence-electron chi connectivity index (χ3n) is 1.86. The van der Waals surface area contributed by atoms with Crippen LogP contribution >= 0.6 is 0 Å². The zero-order chi connectivity index (χ0) is 9.84. The van der Waals surface area contributed by atoms with Gasteiger partial charge in [0.1, 0.15) is 5.75 Å². The van der Waals surface area contributed by atoms with Gasteiger partial charge in [-0.1, -0.05) is 17.7 Å². The summed E-state index contributed by atoms with van der Waals surface area (Å²) < 4.78 is 5.22. The molecule has 0 aliphatic carbocycles. The minimum absolute atomic E-state index is 0.699. The lowest BCUT2D eigenvalue weighted by molar-refractivity contribution is 0.329. The maximum absolute atomic E-state index is 5.58. The molecule has 1 aromatic rings. The van der Waals surface area contributed by atoms with Crippen LogP contribution in [0.25, 0.3) is 0 Å². The van der Waals surface area contributed by atoms with Crippen molar-refractivity contribution in [3.8, 4) is 5.75 Å². The lowest BCUT2D eigenvalue weighted by atomic mass is 10.1. The molecule has 0 saturated heterocycles. The van der Waals surface area contributed by atoms with Gasteiger partial charge >= 0.3 is 0 Å². The largest absolute Gasteiger partial charge is 0.496 e. The van der Waals surface area contributed by atoms with E-state index in [1.165, 1.54) is 5.56 Å². The van der Waals surface area contributed by atoms with E-state index in [0.29, 0.717) is 6.54 Å². The summed E-state index contributed by atoms with van der Waals surface area (Å²) >= 11 is 0. The van der Waals surface area contributed by atoms with Crippen LogP contribution in [0.3, 0.4) is 0 Å². The van der Waals surface area contributed by atoms with Crippen molar-refractivity contribution in [2.24, 2.45) is 5.84 Å². The van der Waals surface area contributed by atoms with Gasteiger partial charge in [0.15, 0.2) is 0 Å². The highest BCUT2D eigenvalue weighted by atomic mass is 16.5. The SMILES string of the molecule is COc1ccc(C)cc1CN(C)N. The van der Waals surface area contributed by atoms with Gasteiger partial charge in [0.2, 0.25) is 0 Å². The van der Waals surface area contributed by atoms with E-state index in [9.17, 15) is 0 Å². The Morgan fingerprint density at radius 2 is 2.15 bits per heavy atom. The quantitative estimate of drug-likeness (QED) is 0.563. The van der Waals surface area contributed by atoms with Crippen LogP contribution < -0.4 is 10.6 Å². The van der Waals surface area contributed by atoms with Crippen LogP contribution in [0.5, 0.6) is 5.75 Å². The number of rotatable bonds is 3. The van der Waals surface area contributed by atoms with Crippen LogP contribution in [0.15, 0.2) is 18.2 Å². The number of benzene rings is 1. The van der Waals surface area contributed by atoms with E-state index in [0.717, 1.165) is 11.3 Å². The fraction of sp³-hybridized carbons (Fsp3) is 0.400. The summed E-state index contributed by atoms with van der Waals surface area (Å²) in [6, 6.07) is 6.08. The van der Waals surface area contributed by atoms with Gasteiger partial charge in [0.25, 0.3) is 0 Å². The van der Waals surface area contributed by atoms with Gasteiger partial charge in [-0.05, 0) is 13.0 Å². The van der Waals surface area contributed by atoms with Crippen molar-refractivity contribution in [2.75, 3.05) is 14.2 Å². The fourth-order valence-electron chi connectivity index (χ4n) is 1.30. The molecule has 0 unspecified atom stereocenters. The Bertz CT molecular complexity index is 284. The van der Waals surface area contributed by atoms with E-state index in [1.807, 2.05) is 19.2 Å². The number of methoxy groups -OCH3 is 1. The molecule has 0 aliphatic rings. The normalized spacial score (nSPS) is 10.5. The van der Waals surface area contributed by atoms with Crippen molar-refractivity contribution in [3.63, 3.8) is 0 Å². The molecule has 0 aromatic heterocycles. The Morgan fingerprint density at radius 3 is 2.69 bits per heavy atom. The van der Waals surface area contributed by atoms with Crippen LogP contribution in [-0.4, -0.2) is 19.2 Å². The summed E-state index contributed by atoms with van der Waals surface area (Å²) in [6.07, 6.45) is 0. The average Bonchev–Trinajstić information content (AvgIpc) is 2.03. The summed E-state index contributed by atoms with van der Waals surface area (Å²) in [5.41, 5.74) is 2.34. The molecule has 0 saturated carbocycles. The van der Waals surface area contributed by atoms with Crippen molar-refractivity contribution in [1.29, 1.82) is 0 Å². The van der Waals surface area contributed by atoms with Crippen LogP contribution in [0.4, 0.5) is 0 Å². The van der Waals surface area contributed by atoms with Gasteiger partial charge in [-0.3, -0.25) is 5.84 Å². The smallest absolute Gasteiger partial charge is 0.123 e. The Morgan fingerprint density at radius 1 is 1.46 bits per heavy atom. The Kier molecular flexibility index (Phi) is 3.28. The van der Waals surface area contributed by atoms with E-state index < -0.39 is 0 Å². The average molecular weight is 180 g/mol. The molecule has 0 fully saturated rings. The van der Waals surface area contributed by atoms with Crippen molar-refractivity contribution in [2.45, 2.75) is 13.5 Å². The van der Waals surface area contributed by atoms with Gasteiger partial charge in [0, 0.05) is 19.2 Å². The van der Waals surface area contributed by atoms with Crippen LogP contribution in [0.2, 0.25) is 0 Å². The highest BCUT2D eigenvalue weighted by Gasteiger charge is 2.03. The third-order valence-corrected chi connectivity index (χ3v) is 1.86. The molecule has 0 aliphatic heterocycles. The van der Waals surface area contributed by atoms with Gasteiger partial charge in [-0.25, -0.2) is 5.01 Å². The van der Waals surface area contributed by atoms with E-state index in [2.05, 4.69) is 13.0 Å². The second-order valence-electron chi connectivity index (χ2n) is 3.23. The summed E-state index contributed by atoms with van der Waals surface area (Å²) in [7, 11) is 3.51. The molecular weight excluding hydrogens is 164 g/mol. The Balaban J connectivity index is 2.94. The highest BCUT2D eigenvalue weighted by molar-refractivity contribution is 5.36. The van der Waals surface area contributed by atoms with E-state index in [4.69, 9.17) is 10.6 Å². The van der Waals surface area contributed by atoms with Gasteiger partial charge in [0.05, 0.1) is 7.11 Å². The zero-order valence-corrected chi connectivity index (χ0v) is 8.37. The molecule has 3 heteroatoms. The molecule has 3 nitrogen and oxygen atoms in total. The van der Waals surface area contributed by atoms with Gasteiger partial charge in [-0.2, -0.15) is 0 Å². The van der Waals surface area contributed by atoms with Gasteiger partial charge in [-0.15, -0.1) is 0 Å². The zero-order valence-electron chi connectivity index (χ0n) is 8.37. The van der Waals surface area contributed by atoms with Crippen LogP contribution in [0.1, 0.15) is 11.1 Å². The molecule has 2 N–H and O–H groups in total. The topological polar surface area (TPSA) is 38.5 Å². The fourth-order valence-corrected chi connectivity index (χ4v) is 1.30. The van der Waals surface area contributed by atoms with E-state index in [-0.39, 0.29) is 0 Å². The molecule has 0 spiro atoms. The van der Waals surface area contributed by atoms with Crippen LogP contribution in [0, 0.1) is 6.92 Å². The molecule has 1 aromatic carbocycles. The minimum Gasteiger partial charge on any atom is -0.496 e. The summed E-state index contributed by atoms with van der Waals surface area (Å²) in [4.78, 5) is 0. The number of ether oxygens (including phenoxy) is 1. The number of hydrogen-bond acceptors (Lipinski definition) is 3. The molecule has 0 radical (unpaired) electrons. The predicted octanol–water partition coefficient (Wildman–Crippen LogP) is 1.31. The van der Waals surface area contributed by atoms with Gasteiger partial charge < -0.3 is 4.74 Å². The first-order valence-corrected chi connectivity index (χ1v) is 4.23. The maximum Gasteiger partial charge on any atom is 0.123 e. The lowest BCUT2D eigenvalue weighted by Crippen LogP contribution is -2.25. The molecule has 1 rings (SSSR count). The second kappa shape index (κ2) is 4.25. The molecule has 0 bridgehead atoms. The third kappa shape index (κ3) is 2.72. The monoisotopic (exact) mass is 180 g/mol. The number of hydrazine groups is 1. The summed E-state index contributed by atoms with van der Waals surface area (Å²) in [6.45, 7) is 2.75. The van der Waals surface area contributed by atoms with Crippen molar-refractivity contribution in [3.05, 3.63) is 29.3 Å². The first-order valence-electron chi connectivity index (χ1n) is 4.23.